The van der Waals surface area contributed by atoms with Crippen molar-refractivity contribution in [3.8, 4) is 17.2 Å². The highest BCUT2D eigenvalue weighted by Gasteiger charge is 2.34. The minimum absolute atomic E-state index is 0.310. The zero-order valence-electron chi connectivity index (χ0n) is 17.5. The Hall–Kier alpha value is -4.08. The van der Waals surface area contributed by atoms with Crippen molar-refractivity contribution >= 4 is 17.5 Å². The van der Waals surface area contributed by atoms with Gasteiger partial charge in [-0.05, 0) is 47.2 Å². The molecule has 160 valence electrons. The lowest BCUT2D eigenvalue weighted by Gasteiger charge is -2.28. The molecule has 0 saturated heterocycles. The standard InChI is InChI=1S/C21H22N6O4/c1-12-18(20(28)23-16-10-9-15(30-3)11-17(16)31-4)19(27-21(22-12)24-25-26-27)13-5-7-14(29-2)8-6-13/h5-11,19H,1-4H3,(H,23,28)(H,22,24,26)/t19-/m1/s1. The van der Waals surface area contributed by atoms with Crippen molar-refractivity contribution in [2.75, 3.05) is 32.0 Å². The number of rotatable bonds is 6. The number of amides is 1. The number of carbonyl (C=O) groups is 1. The summed E-state index contributed by atoms with van der Waals surface area (Å²) in [6.07, 6.45) is 0. The van der Waals surface area contributed by atoms with Crippen molar-refractivity contribution < 1.29 is 19.0 Å². The third-order valence-electron chi connectivity index (χ3n) is 5.05. The number of anilines is 2. The topological polar surface area (TPSA) is 112 Å². The molecule has 0 unspecified atom stereocenters. The minimum Gasteiger partial charge on any atom is -0.497 e. The van der Waals surface area contributed by atoms with Crippen molar-refractivity contribution in [3.63, 3.8) is 0 Å². The van der Waals surface area contributed by atoms with Crippen LogP contribution >= 0.6 is 0 Å². The predicted octanol–water partition coefficient (Wildman–Crippen LogP) is 2.63. The first-order valence-electron chi connectivity index (χ1n) is 9.48. The maximum atomic E-state index is 13.4. The zero-order chi connectivity index (χ0) is 22.0. The SMILES string of the molecule is COc1ccc([C@@H]2C(C(=O)Nc3ccc(OC)cc3OC)=C(C)Nc3nnnn32)cc1. The van der Waals surface area contributed by atoms with Crippen LogP contribution in [-0.4, -0.2) is 47.4 Å². The number of ether oxygens (including phenoxy) is 3. The third kappa shape index (κ3) is 3.75. The Labute approximate surface area is 178 Å². The van der Waals surface area contributed by atoms with Gasteiger partial charge in [0.05, 0.1) is 32.6 Å². The largest absolute Gasteiger partial charge is 0.497 e. The Balaban J connectivity index is 1.73. The molecule has 0 spiro atoms. The fourth-order valence-electron chi connectivity index (χ4n) is 3.49. The lowest BCUT2D eigenvalue weighted by molar-refractivity contribution is -0.113. The van der Waals surface area contributed by atoms with E-state index >= 15 is 0 Å². The van der Waals surface area contributed by atoms with Crippen molar-refractivity contribution in [2.45, 2.75) is 13.0 Å². The second-order valence-electron chi connectivity index (χ2n) is 6.81. The monoisotopic (exact) mass is 422 g/mol. The van der Waals surface area contributed by atoms with E-state index in [2.05, 4.69) is 26.2 Å². The van der Waals surface area contributed by atoms with Gasteiger partial charge in [-0.25, -0.2) is 0 Å². The summed E-state index contributed by atoms with van der Waals surface area (Å²) in [4.78, 5) is 13.4. The summed E-state index contributed by atoms with van der Waals surface area (Å²) in [7, 11) is 4.70. The van der Waals surface area contributed by atoms with Crippen LogP contribution in [0.2, 0.25) is 0 Å². The molecule has 1 aromatic heterocycles. The number of fused-ring (bicyclic) bond motifs is 1. The number of hydrogen-bond acceptors (Lipinski definition) is 8. The van der Waals surface area contributed by atoms with E-state index in [1.165, 1.54) is 7.11 Å². The second-order valence-corrected chi connectivity index (χ2v) is 6.81. The third-order valence-corrected chi connectivity index (χ3v) is 5.05. The number of aromatic nitrogens is 4. The molecule has 31 heavy (non-hydrogen) atoms. The number of methoxy groups -OCH3 is 3. The van der Waals surface area contributed by atoms with Crippen molar-refractivity contribution in [1.82, 2.24) is 20.2 Å². The Bertz CT molecular complexity index is 1140. The van der Waals surface area contributed by atoms with E-state index in [4.69, 9.17) is 14.2 Å². The smallest absolute Gasteiger partial charge is 0.255 e. The van der Waals surface area contributed by atoms with Gasteiger partial charge in [-0.2, -0.15) is 4.68 Å². The lowest BCUT2D eigenvalue weighted by atomic mass is 9.95. The van der Waals surface area contributed by atoms with Crippen LogP contribution < -0.4 is 24.8 Å². The summed E-state index contributed by atoms with van der Waals surface area (Å²) in [6, 6.07) is 12.1. The number of tetrazole rings is 1. The summed E-state index contributed by atoms with van der Waals surface area (Å²) in [5.41, 5.74) is 2.47. The summed E-state index contributed by atoms with van der Waals surface area (Å²) in [5, 5.41) is 17.9. The molecule has 1 atom stereocenters. The van der Waals surface area contributed by atoms with Gasteiger partial charge in [-0.15, -0.1) is 0 Å². The Morgan fingerprint density at radius 3 is 2.42 bits per heavy atom. The van der Waals surface area contributed by atoms with E-state index in [-0.39, 0.29) is 5.91 Å². The molecule has 0 bridgehead atoms. The highest BCUT2D eigenvalue weighted by molar-refractivity contribution is 6.06. The number of carbonyl (C=O) groups excluding carboxylic acids is 1. The van der Waals surface area contributed by atoms with Gasteiger partial charge in [-0.1, -0.05) is 17.2 Å². The van der Waals surface area contributed by atoms with Gasteiger partial charge in [-0.3, -0.25) is 4.79 Å². The maximum Gasteiger partial charge on any atom is 0.255 e. The van der Waals surface area contributed by atoms with Gasteiger partial charge >= 0.3 is 0 Å². The summed E-state index contributed by atoms with van der Waals surface area (Å²) < 4.78 is 17.5. The molecule has 3 aromatic rings. The van der Waals surface area contributed by atoms with E-state index in [0.29, 0.717) is 40.2 Å². The molecule has 2 heterocycles. The van der Waals surface area contributed by atoms with Crippen LogP contribution in [0.25, 0.3) is 0 Å². The highest BCUT2D eigenvalue weighted by Crippen LogP contribution is 2.36. The maximum absolute atomic E-state index is 13.4. The van der Waals surface area contributed by atoms with Crippen LogP contribution in [-0.2, 0) is 4.79 Å². The van der Waals surface area contributed by atoms with E-state index in [9.17, 15) is 4.79 Å². The zero-order valence-corrected chi connectivity index (χ0v) is 17.5. The summed E-state index contributed by atoms with van der Waals surface area (Å²) in [6.45, 7) is 1.81. The average Bonchev–Trinajstić information content (AvgIpc) is 3.26. The van der Waals surface area contributed by atoms with Crippen LogP contribution in [0.15, 0.2) is 53.7 Å². The fraction of sp³-hybridized carbons (Fsp3) is 0.238. The van der Waals surface area contributed by atoms with E-state index in [0.717, 1.165) is 5.56 Å². The number of hydrogen-bond donors (Lipinski definition) is 2. The van der Waals surface area contributed by atoms with Gasteiger partial charge in [0.1, 0.15) is 23.3 Å². The molecule has 4 rings (SSSR count). The van der Waals surface area contributed by atoms with Gasteiger partial charge in [0.2, 0.25) is 5.95 Å². The van der Waals surface area contributed by atoms with E-state index in [1.807, 2.05) is 31.2 Å². The first kappa shape index (κ1) is 20.2. The van der Waals surface area contributed by atoms with Gasteiger partial charge in [0, 0.05) is 11.8 Å². The molecule has 2 aromatic carbocycles. The predicted molar refractivity (Wildman–Crippen MR) is 113 cm³/mol. The number of nitrogens with zero attached hydrogens (tertiary/aromatic N) is 4. The average molecular weight is 422 g/mol. The van der Waals surface area contributed by atoms with E-state index < -0.39 is 6.04 Å². The highest BCUT2D eigenvalue weighted by atomic mass is 16.5. The van der Waals surface area contributed by atoms with E-state index in [1.54, 1.807) is 37.1 Å². The quantitative estimate of drug-likeness (QED) is 0.623. The van der Waals surface area contributed by atoms with Gasteiger partial charge in [0.25, 0.3) is 5.91 Å². The normalized spacial score (nSPS) is 15.0. The van der Waals surface area contributed by atoms with Crippen LogP contribution in [0.3, 0.4) is 0 Å². The lowest BCUT2D eigenvalue weighted by Crippen LogP contribution is -2.31. The molecule has 0 saturated carbocycles. The Morgan fingerprint density at radius 1 is 1.03 bits per heavy atom. The molecular formula is C21H22N6O4. The Morgan fingerprint density at radius 2 is 1.74 bits per heavy atom. The first-order chi connectivity index (χ1) is 15.0. The van der Waals surface area contributed by atoms with Crippen LogP contribution in [0.5, 0.6) is 17.2 Å². The van der Waals surface area contributed by atoms with Crippen molar-refractivity contribution in [2.24, 2.45) is 0 Å². The Kier molecular flexibility index (Phi) is 5.44. The number of allylic oxidation sites excluding steroid dienone is 1. The number of benzene rings is 2. The second kappa shape index (κ2) is 8.34. The molecule has 0 fully saturated rings. The van der Waals surface area contributed by atoms with Gasteiger partial charge in [0.15, 0.2) is 0 Å². The minimum atomic E-state index is -0.526. The van der Waals surface area contributed by atoms with Crippen LogP contribution in [0, 0.1) is 0 Å². The molecule has 0 aliphatic carbocycles. The molecule has 10 heteroatoms. The first-order valence-corrected chi connectivity index (χ1v) is 9.48. The summed E-state index contributed by atoms with van der Waals surface area (Å²) in [5.74, 6) is 1.97. The van der Waals surface area contributed by atoms with Gasteiger partial charge < -0.3 is 24.8 Å². The summed E-state index contributed by atoms with van der Waals surface area (Å²) >= 11 is 0. The van der Waals surface area contributed by atoms with Crippen LogP contribution in [0.1, 0.15) is 18.5 Å². The molecule has 1 aliphatic heterocycles. The molecule has 10 nitrogen and oxygen atoms in total. The molecular weight excluding hydrogens is 400 g/mol. The molecule has 1 aliphatic rings. The number of nitrogens with one attached hydrogen (secondary N) is 2. The van der Waals surface area contributed by atoms with Crippen molar-refractivity contribution in [1.29, 1.82) is 0 Å². The fourth-order valence-corrected chi connectivity index (χ4v) is 3.49. The van der Waals surface area contributed by atoms with Crippen LogP contribution in [0.4, 0.5) is 11.6 Å². The molecule has 2 N–H and O–H groups in total. The molecule has 1 amide bonds. The van der Waals surface area contributed by atoms with Crippen molar-refractivity contribution in [3.05, 3.63) is 59.3 Å². The molecule has 0 radical (unpaired) electrons.